The van der Waals surface area contributed by atoms with Gasteiger partial charge in [-0.1, -0.05) is 25.1 Å². The molecular weight excluding hydrogens is 440 g/mol. The number of alkyl halides is 1. The van der Waals surface area contributed by atoms with Crippen molar-refractivity contribution in [2.75, 3.05) is 12.2 Å². The summed E-state index contributed by atoms with van der Waals surface area (Å²) in [4.78, 5) is 0. The fraction of sp³-hybridized carbons (Fsp3) is 0.278. The van der Waals surface area contributed by atoms with Gasteiger partial charge in [0.2, 0.25) is 6.86 Å². The number of halogens is 2. The highest BCUT2D eigenvalue weighted by atomic mass is 127. The van der Waals surface area contributed by atoms with Crippen LogP contribution in [0.4, 0.5) is 10.1 Å². The molecule has 0 spiro atoms. The summed E-state index contributed by atoms with van der Waals surface area (Å²) in [7, 11) is 0. The largest absolute Gasteiger partial charge is 0.489 e. The first kappa shape index (κ1) is 18.9. The van der Waals surface area contributed by atoms with Crippen molar-refractivity contribution in [3.05, 3.63) is 56.7 Å². The second-order valence-corrected chi connectivity index (χ2v) is 6.71. The standard InChI is InChI=1S/C18H19FINO2S/c1-3-13-7-8-17(12(2)9-13)22-10-14-15(20)5-4-6-16(14)21-18(24)23-11-19/h4-9H,3,10-11H2,1-2H3,(H,21,24). The maximum atomic E-state index is 12.2. The van der Waals surface area contributed by atoms with Crippen LogP contribution in [-0.2, 0) is 17.8 Å². The summed E-state index contributed by atoms with van der Waals surface area (Å²) < 4.78 is 23.9. The summed E-state index contributed by atoms with van der Waals surface area (Å²) >= 11 is 7.19. The number of nitrogens with one attached hydrogen (secondary N) is 1. The Kier molecular flexibility index (Phi) is 7.23. The molecule has 0 fully saturated rings. The van der Waals surface area contributed by atoms with Crippen LogP contribution >= 0.6 is 34.8 Å². The first-order valence-corrected chi connectivity index (χ1v) is 9.03. The van der Waals surface area contributed by atoms with E-state index in [0.717, 1.165) is 32.6 Å². The molecular formula is C18H19FINO2S. The highest BCUT2D eigenvalue weighted by Crippen LogP contribution is 2.26. The molecule has 3 nitrogen and oxygen atoms in total. The average molecular weight is 459 g/mol. The quantitative estimate of drug-likeness (QED) is 0.464. The van der Waals surface area contributed by atoms with Gasteiger partial charge in [0, 0.05) is 14.8 Å². The summed E-state index contributed by atoms with van der Waals surface area (Å²) in [6, 6.07) is 11.9. The number of rotatable bonds is 6. The van der Waals surface area contributed by atoms with Crippen LogP contribution in [0.25, 0.3) is 0 Å². The highest BCUT2D eigenvalue weighted by Gasteiger charge is 2.10. The van der Waals surface area contributed by atoms with Crippen LogP contribution in [0.2, 0.25) is 0 Å². The monoisotopic (exact) mass is 459 g/mol. The van der Waals surface area contributed by atoms with E-state index in [1.165, 1.54) is 5.56 Å². The third-order valence-corrected chi connectivity index (χ3v) is 4.79. The first-order chi connectivity index (χ1) is 11.5. The van der Waals surface area contributed by atoms with Crippen LogP contribution in [0.1, 0.15) is 23.6 Å². The van der Waals surface area contributed by atoms with E-state index in [1.807, 2.05) is 31.2 Å². The summed E-state index contributed by atoms with van der Waals surface area (Å²) in [5, 5.41) is 2.91. The van der Waals surface area contributed by atoms with Crippen molar-refractivity contribution < 1.29 is 13.9 Å². The Morgan fingerprint density at radius 3 is 2.75 bits per heavy atom. The zero-order chi connectivity index (χ0) is 17.5. The molecule has 24 heavy (non-hydrogen) atoms. The van der Waals surface area contributed by atoms with Crippen molar-refractivity contribution >= 4 is 45.7 Å². The van der Waals surface area contributed by atoms with Crippen LogP contribution in [0.5, 0.6) is 5.75 Å². The van der Waals surface area contributed by atoms with E-state index in [0.29, 0.717) is 6.61 Å². The fourth-order valence-electron chi connectivity index (χ4n) is 2.26. The second kappa shape index (κ2) is 9.17. The van der Waals surface area contributed by atoms with Gasteiger partial charge in [-0.15, -0.1) is 0 Å². The predicted octanol–water partition coefficient (Wildman–Crippen LogP) is 5.38. The maximum Gasteiger partial charge on any atom is 0.263 e. The topological polar surface area (TPSA) is 30.5 Å². The summed E-state index contributed by atoms with van der Waals surface area (Å²) in [5.41, 5.74) is 4.08. The van der Waals surface area contributed by atoms with Gasteiger partial charge in [0.25, 0.3) is 5.17 Å². The van der Waals surface area contributed by atoms with Crippen LogP contribution in [0.3, 0.4) is 0 Å². The lowest BCUT2D eigenvalue weighted by molar-refractivity contribution is 0.184. The average Bonchev–Trinajstić information content (AvgIpc) is 2.55. The van der Waals surface area contributed by atoms with E-state index in [-0.39, 0.29) is 5.17 Å². The van der Waals surface area contributed by atoms with Crippen molar-refractivity contribution in [2.45, 2.75) is 26.9 Å². The molecule has 128 valence electrons. The lowest BCUT2D eigenvalue weighted by Gasteiger charge is -2.16. The van der Waals surface area contributed by atoms with Gasteiger partial charge in [0.05, 0.1) is 0 Å². The van der Waals surface area contributed by atoms with Gasteiger partial charge >= 0.3 is 0 Å². The Morgan fingerprint density at radius 1 is 1.29 bits per heavy atom. The SMILES string of the molecule is CCc1ccc(OCc2c(I)cccc2NC(=S)OCF)c(C)c1. The molecule has 0 aliphatic heterocycles. The number of aryl methyl sites for hydroxylation is 2. The normalized spacial score (nSPS) is 10.3. The van der Waals surface area contributed by atoms with Gasteiger partial charge in [0.1, 0.15) is 12.4 Å². The highest BCUT2D eigenvalue weighted by molar-refractivity contribution is 14.1. The molecule has 0 aliphatic rings. The van der Waals surface area contributed by atoms with Crippen LogP contribution < -0.4 is 10.1 Å². The fourth-order valence-corrected chi connectivity index (χ4v) is 3.07. The minimum atomic E-state index is -0.954. The van der Waals surface area contributed by atoms with E-state index in [4.69, 9.17) is 17.0 Å². The van der Waals surface area contributed by atoms with E-state index < -0.39 is 6.86 Å². The van der Waals surface area contributed by atoms with Gasteiger partial charge in [-0.2, -0.15) is 0 Å². The maximum absolute atomic E-state index is 12.2. The minimum absolute atomic E-state index is 0.00392. The Bertz CT molecular complexity index is 724. The van der Waals surface area contributed by atoms with Crippen molar-refractivity contribution in [3.63, 3.8) is 0 Å². The van der Waals surface area contributed by atoms with E-state index in [9.17, 15) is 4.39 Å². The van der Waals surface area contributed by atoms with Gasteiger partial charge < -0.3 is 14.8 Å². The number of benzene rings is 2. The van der Waals surface area contributed by atoms with Crippen LogP contribution in [-0.4, -0.2) is 12.0 Å². The Hall–Kier alpha value is -1.41. The van der Waals surface area contributed by atoms with Gasteiger partial charge in [-0.3, -0.25) is 0 Å². The summed E-state index contributed by atoms with van der Waals surface area (Å²) in [6.07, 6.45) is 0.998. The number of ether oxygens (including phenoxy) is 2. The van der Waals surface area contributed by atoms with E-state index >= 15 is 0 Å². The molecule has 0 unspecified atom stereocenters. The molecule has 0 heterocycles. The Morgan fingerprint density at radius 2 is 2.08 bits per heavy atom. The van der Waals surface area contributed by atoms with Crippen LogP contribution in [0.15, 0.2) is 36.4 Å². The molecule has 1 N–H and O–H groups in total. The zero-order valence-electron chi connectivity index (χ0n) is 13.6. The third-order valence-electron chi connectivity index (χ3n) is 3.56. The van der Waals surface area contributed by atoms with Crippen molar-refractivity contribution in [1.29, 1.82) is 0 Å². The predicted molar refractivity (Wildman–Crippen MR) is 107 cm³/mol. The molecule has 0 saturated heterocycles. The summed E-state index contributed by atoms with van der Waals surface area (Å²) in [6.45, 7) is 3.59. The molecule has 0 atom stereocenters. The first-order valence-electron chi connectivity index (χ1n) is 7.54. The molecule has 0 bridgehead atoms. The molecule has 0 radical (unpaired) electrons. The molecule has 2 rings (SSSR count). The minimum Gasteiger partial charge on any atom is -0.489 e. The number of hydrogen-bond acceptors (Lipinski definition) is 3. The molecule has 0 aromatic heterocycles. The van der Waals surface area contributed by atoms with Gasteiger partial charge in [0.15, 0.2) is 0 Å². The number of hydrogen-bond donors (Lipinski definition) is 1. The zero-order valence-corrected chi connectivity index (χ0v) is 16.5. The van der Waals surface area contributed by atoms with E-state index in [2.05, 4.69) is 51.7 Å². The van der Waals surface area contributed by atoms with Crippen molar-refractivity contribution in [1.82, 2.24) is 0 Å². The molecule has 2 aromatic rings. The number of anilines is 1. The van der Waals surface area contributed by atoms with Gasteiger partial charge in [-0.25, -0.2) is 4.39 Å². The Balaban J connectivity index is 2.16. The molecule has 2 aromatic carbocycles. The lowest BCUT2D eigenvalue weighted by Crippen LogP contribution is -2.15. The number of thiocarbonyl (C=S) groups is 1. The van der Waals surface area contributed by atoms with Crippen molar-refractivity contribution in [3.8, 4) is 5.75 Å². The van der Waals surface area contributed by atoms with Crippen LogP contribution in [0, 0.1) is 10.5 Å². The van der Waals surface area contributed by atoms with Crippen molar-refractivity contribution in [2.24, 2.45) is 0 Å². The smallest absolute Gasteiger partial charge is 0.263 e. The molecule has 0 saturated carbocycles. The lowest BCUT2D eigenvalue weighted by atomic mass is 10.1. The molecule has 0 aliphatic carbocycles. The Labute approximate surface area is 160 Å². The third kappa shape index (κ3) is 5.04. The van der Waals surface area contributed by atoms with E-state index in [1.54, 1.807) is 0 Å². The second-order valence-electron chi connectivity index (χ2n) is 5.17. The molecule has 0 amide bonds. The van der Waals surface area contributed by atoms with Gasteiger partial charge in [-0.05, 0) is 77.5 Å². The molecule has 6 heteroatoms. The summed E-state index contributed by atoms with van der Waals surface area (Å²) in [5.74, 6) is 0.848.